The molecule has 0 saturated heterocycles. The van der Waals surface area contributed by atoms with Crippen molar-refractivity contribution in [1.29, 1.82) is 0 Å². The van der Waals surface area contributed by atoms with Crippen molar-refractivity contribution in [2.24, 2.45) is 0 Å². The highest BCUT2D eigenvalue weighted by Gasteiger charge is 2.48. The van der Waals surface area contributed by atoms with Crippen LogP contribution in [0.4, 0.5) is 13.2 Å². The summed E-state index contributed by atoms with van der Waals surface area (Å²) in [6.45, 7) is -0.977. The Bertz CT molecular complexity index is 475. The first-order valence-corrected chi connectivity index (χ1v) is 6.30. The number of carboxylic acids is 1. The number of alkyl halides is 3. The first-order chi connectivity index (χ1) is 9.39. The zero-order valence-corrected chi connectivity index (χ0v) is 10.7. The first-order valence-electron chi connectivity index (χ1n) is 6.30. The van der Waals surface area contributed by atoms with E-state index in [2.05, 4.69) is 4.74 Å². The SMILES string of the molecule is O=C(O)C1(c2ccc(OCF)cc2)CCC(F)(F)CC1. The second-order valence-electron chi connectivity index (χ2n) is 5.02. The molecular weight excluding hydrogens is 273 g/mol. The van der Waals surface area contributed by atoms with Crippen molar-refractivity contribution in [2.45, 2.75) is 37.0 Å². The maximum atomic E-state index is 13.2. The van der Waals surface area contributed by atoms with Crippen LogP contribution in [0.5, 0.6) is 5.75 Å². The minimum atomic E-state index is -2.80. The summed E-state index contributed by atoms with van der Waals surface area (Å²) >= 11 is 0. The zero-order chi connectivity index (χ0) is 14.8. The average molecular weight is 288 g/mol. The molecule has 1 aromatic carbocycles. The van der Waals surface area contributed by atoms with Gasteiger partial charge >= 0.3 is 5.97 Å². The molecule has 20 heavy (non-hydrogen) atoms. The van der Waals surface area contributed by atoms with Gasteiger partial charge in [-0.2, -0.15) is 0 Å². The zero-order valence-electron chi connectivity index (χ0n) is 10.7. The van der Waals surface area contributed by atoms with Gasteiger partial charge in [0.15, 0.2) is 0 Å². The predicted molar refractivity (Wildman–Crippen MR) is 65.8 cm³/mol. The summed E-state index contributed by atoms with van der Waals surface area (Å²) in [5, 5.41) is 9.45. The third-order valence-electron chi connectivity index (χ3n) is 3.87. The van der Waals surface area contributed by atoms with Crippen LogP contribution in [0.2, 0.25) is 0 Å². The largest absolute Gasteiger partial charge is 0.481 e. The van der Waals surface area contributed by atoms with Crippen LogP contribution in [0.25, 0.3) is 0 Å². The van der Waals surface area contributed by atoms with Gasteiger partial charge in [0, 0.05) is 12.8 Å². The van der Waals surface area contributed by atoms with Crippen molar-refractivity contribution in [2.75, 3.05) is 6.86 Å². The molecule has 0 atom stereocenters. The molecule has 0 heterocycles. The van der Waals surface area contributed by atoms with E-state index in [4.69, 9.17) is 0 Å². The number of halogens is 3. The van der Waals surface area contributed by atoms with Crippen LogP contribution in [-0.4, -0.2) is 23.9 Å². The molecule has 1 aromatic rings. The summed E-state index contributed by atoms with van der Waals surface area (Å²) in [6.07, 6.45) is -1.11. The highest BCUT2D eigenvalue weighted by molar-refractivity contribution is 5.81. The van der Waals surface area contributed by atoms with Gasteiger partial charge in [-0.25, -0.2) is 13.2 Å². The third kappa shape index (κ3) is 2.73. The van der Waals surface area contributed by atoms with Gasteiger partial charge < -0.3 is 9.84 Å². The van der Waals surface area contributed by atoms with Crippen molar-refractivity contribution < 1.29 is 27.8 Å². The summed E-state index contributed by atoms with van der Waals surface area (Å²) in [7, 11) is 0. The minimum Gasteiger partial charge on any atom is -0.481 e. The molecule has 0 amide bonds. The van der Waals surface area contributed by atoms with Gasteiger partial charge in [-0.1, -0.05) is 12.1 Å². The summed E-state index contributed by atoms with van der Waals surface area (Å²) in [5.41, 5.74) is -0.845. The minimum absolute atomic E-state index is 0.112. The fourth-order valence-electron chi connectivity index (χ4n) is 2.60. The number of hydrogen-bond donors (Lipinski definition) is 1. The molecule has 1 aliphatic carbocycles. The standard InChI is InChI=1S/C14H15F3O3/c15-9-20-11-3-1-10(2-4-11)13(12(18)19)5-7-14(16,17)8-6-13/h1-4H,5-9H2,(H,18,19). The van der Waals surface area contributed by atoms with Crippen LogP contribution >= 0.6 is 0 Å². The molecule has 1 saturated carbocycles. The molecule has 0 radical (unpaired) electrons. The van der Waals surface area contributed by atoms with Gasteiger partial charge in [0.05, 0.1) is 5.41 Å². The smallest absolute Gasteiger partial charge is 0.314 e. The highest BCUT2D eigenvalue weighted by atomic mass is 19.3. The molecule has 0 unspecified atom stereocenters. The summed E-state index contributed by atoms with van der Waals surface area (Å²) in [4.78, 5) is 11.6. The molecule has 0 bridgehead atoms. The Morgan fingerprint density at radius 3 is 2.15 bits per heavy atom. The monoisotopic (exact) mass is 288 g/mol. The Hall–Kier alpha value is -1.72. The normalized spacial score (nSPS) is 20.4. The number of carboxylic acid groups (broad SMARTS) is 1. The van der Waals surface area contributed by atoms with Crippen LogP contribution in [0, 0.1) is 0 Å². The van der Waals surface area contributed by atoms with Crippen LogP contribution in [0.1, 0.15) is 31.2 Å². The van der Waals surface area contributed by atoms with Crippen LogP contribution in [0.3, 0.4) is 0 Å². The number of hydrogen-bond acceptors (Lipinski definition) is 2. The van der Waals surface area contributed by atoms with Gasteiger partial charge in [-0.15, -0.1) is 0 Å². The Morgan fingerprint density at radius 1 is 1.15 bits per heavy atom. The number of ether oxygens (including phenoxy) is 1. The molecule has 3 nitrogen and oxygen atoms in total. The summed E-state index contributed by atoms with van der Waals surface area (Å²) in [6, 6.07) is 5.91. The van der Waals surface area contributed by atoms with Crippen molar-refractivity contribution in [3.63, 3.8) is 0 Å². The van der Waals surface area contributed by atoms with Crippen molar-refractivity contribution >= 4 is 5.97 Å². The first kappa shape index (κ1) is 14.7. The Labute approximate surface area is 114 Å². The van der Waals surface area contributed by atoms with Gasteiger partial charge in [-0.3, -0.25) is 4.79 Å². The molecular formula is C14H15F3O3. The predicted octanol–water partition coefficient (Wildman–Crippen LogP) is 3.52. The summed E-state index contributed by atoms with van der Waals surface area (Å²) < 4.78 is 43.1. The van der Waals surface area contributed by atoms with E-state index in [0.29, 0.717) is 5.56 Å². The maximum Gasteiger partial charge on any atom is 0.314 e. The van der Waals surface area contributed by atoms with E-state index in [1.54, 1.807) is 0 Å². The van der Waals surface area contributed by atoms with Crippen LogP contribution in [0.15, 0.2) is 24.3 Å². The molecule has 2 rings (SSSR count). The topological polar surface area (TPSA) is 46.5 Å². The van der Waals surface area contributed by atoms with Gasteiger partial charge in [0.2, 0.25) is 12.8 Å². The average Bonchev–Trinajstić information content (AvgIpc) is 2.40. The van der Waals surface area contributed by atoms with Crippen molar-refractivity contribution in [3.05, 3.63) is 29.8 Å². The lowest BCUT2D eigenvalue weighted by Gasteiger charge is -2.37. The third-order valence-corrected chi connectivity index (χ3v) is 3.87. The van der Waals surface area contributed by atoms with Gasteiger partial charge in [0.1, 0.15) is 5.75 Å². The molecule has 1 N–H and O–H groups in total. The lowest BCUT2D eigenvalue weighted by atomic mass is 9.68. The second kappa shape index (κ2) is 5.34. The fraction of sp³-hybridized carbons (Fsp3) is 0.500. The van der Waals surface area contributed by atoms with E-state index in [1.807, 2.05) is 0 Å². The molecule has 6 heteroatoms. The molecule has 0 spiro atoms. The molecule has 0 aromatic heterocycles. The van der Waals surface area contributed by atoms with E-state index >= 15 is 0 Å². The second-order valence-corrected chi connectivity index (χ2v) is 5.02. The highest BCUT2D eigenvalue weighted by Crippen LogP contribution is 2.45. The van der Waals surface area contributed by atoms with E-state index < -0.39 is 37.0 Å². The number of aliphatic carboxylic acids is 1. The lowest BCUT2D eigenvalue weighted by molar-refractivity contribution is -0.149. The van der Waals surface area contributed by atoms with Crippen molar-refractivity contribution in [1.82, 2.24) is 0 Å². The molecule has 110 valence electrons. The van der Waals surface area contributed by atoms with Crippen LogP contribution in [-0.2, 0) is 10.2 Å². The van der Waals surface area contributed by atoms with E-state index in [9.17, 15) is 23.1 Å². The number of carbonyl (C=O) groups is 1. The quantitative estimate of drug-likeness (QED) is 0.922. The Balaban J connectivity index is 2.27. The Kier molecular flexibility index (Phi) is 3.92. The van der Waals surface area contributed by atoms with Crippen LogP contribution < -0.4 is 4.74 Å². The Morgan fingerprint density at radius 2 is 1.70 bits per heavy atom. The van der Waals surface area contributed by atoms with E-state index in [0.717, 1.165) is 0 Å². The van der Waals surface area contributed by atoms with E-state index in [1.165, 1.54) is 24.3 Å². The maximum absolute atomic E-state index is 13.2. The fourth-order valence-corrected chi connectivity index (χ4v) is 2.60. The number of benzene rings is 1. The van der Waals surface area contributed by atoms with Gasteiger partial charge in [0.25, 0.3) is 0 Å². The van der Waals surface area contributed by atoms with Gasteiger partial charge in [-0.05, 0) is 30.5 Å². The lowest BCUT2D eigenvalue weighted by Crippen LogP contribution is -2.42. The molecule has 1 fully saturated rings. The van der Waals surface area contributed by atoms with Crippen molar-refractivity contribution in [3.8, 4) is 5.75 Å². The molecule has 0 aliphatic heterocycles. The van der Waals surface area contributed by atoms with E-state index in [-0.39, 0.29) is 18.6 Å². The molecule has 1 aliphatic rings. The summed E-state index contributed by atoms with van der Waals surface area (Å²) in [5.74, 6) is -3.62. The number of rotatable bonds is 4.